The lowest BCUT2D eigenvalue weighted by molar-refractivity contribution is 0.415. The van der Waals surface area contributed by atoms with E-state index in [4.69, 9.17) is 10.5 Å². The van der Waals surface area contributed by atoms with E-state index in [0.717, 1.165) is 17.1 Å². The number of ether oxygens (including phenoxy) is 1. The SMILES string of the molecule is CCCCCC(C)Nc1cc(OC)ccc1N. The normalized spacial score (nSPS) is 12.2. The maximum absolute atomic E-state index is 5.93. The van der Waals surface area contributed by atoms with Gasteiger partial charge in [-0.15, -0.1) is 0 Å². The third kappa shape index (κ3) is 4.55. The molecule has 1 unspecified atom stereocenters. The molecule has 3 nitrogen and oxygen atoms in total. The van der Waals surface area contributed by atoms with Gasteiger partial charge in [0.05, 0.1) is 18.5 Å². The van der Waals surface area contributed by atoms with E-state index in [1.165, 1.54) is 25.7 Å². The highest BCUT2D eigenvalue weighted by atomic mass is 16.5. The molecule has 1 rings (SSSR count). The lowest BCUT2D eigenvalue weighted by Crippen LogP contribution is -2.16. The van der Waals surface area contributed by atoms with E-state index in [2.05, 4.69) is 19.2 Å². The minimum absolute atomic E-state index is 0.441. The lowest BCUT2D eigenvalue weighted by Gasteiger charge is -2.17. The number of anilines is 2. The van der Waals surface area contributed by atoms with Crippen LogP contribution in [0.1, 0.15) is 39.5 Å². The first kappa shape index (κ1) is 13.7. The summed E-state index contributed by atoms with van der Waals surface area (Å²) in [6, 6.07) is 6.14. The van der Waals surface area contributed by atoms with Gasteiger partial charge in [0.25, 0.3) is 0 Å². The van der Waals surface area contributed by atoms with Gasteiger partial charge in [-0.05, 0) is 25.5 Å². The number of nitrogens with one attached hydrogen (secondary N) is 1. The van der Waals surface area contributed by atoms with Crippen LogP contribution in [0, 0.1) is 0 Å². The third-order valence-corrected chi connectivity index (χ3v) is 2.90. The van der Waals surface area contributed by atoms with Crippen LogP contribution in [0.4, 0.5) is 11.4 Å². The molecular weight excluding hydrogens is 212 g/mol. The van der Waals surface area contributed by atoms with Crippen LogP contribution in [-0.4, -0.2) is 13.2 Å². The smallest absolute Gasteiger partial charge is 0.121 e. The van der Waals surface area contributed by atoms with Crippen LogP contribution in [0.15, 0.2) is 18.2 Å². The van der Waals surface area contributed by atoms with Crippen molar-refractivity contribution in [2.24, 2.45) is 0 Å². The molecule has 0 aliphatic rings. The fourth-order valence-electron chi connectivity index (χ4n) is 1.83. The molecule has 0 amide bonds. The second kappa shape index (κ2) is 7.05. The maximum Gasteiger partial charge on any atom is 0.121 e. The second-order valence-electron chi connectivity index (χ2n) is 4.49. The number of rotatable bonds is 7. The molecule has 0 radical (unpaired) electrons. The van der Waals surface area contributed by atoms with Crippen LogP contribution in [0.5, 0.6) is 5.75 Å². The first-order valence-corrected chi connectivity index (χ1v) is 6.37. The second-order valence-corrected chi connectivity index (χ2v) is 4.49. The van der Waals surface area contributed by atoms with Gasteiger partial charge >= 0.3 is 0 Å². The summed E-state index contributed by atoms with van der Waals surface area (Å²) >= 11 is 0. The topological polar surface area (TPSA) is 47.3 Å². The van der Waals surface area contributed by atoms with Crippen molar-refractivity contribution in [3.05, 3.63) is 18.2 Å². The molecule has 0 heterocycles. The number of benzene rings is 1. The van der Waals surface area contributed by atoms with Crippen molar-refractivity contribution < 1.29 is 4.74 Å². The molecule has 0 spiro atoms. The van der Waals surface area contributed by atoms with Crippen molar-refractivity contribution in [2.45, 2.75) is 45.6 Å². The number of methoxy groups -OCH3 is 1. The maximum atomic E-state index is 5.93. The summed E-state index contributed by atoms with van der Waals surface area (Å²) < 4.78 is 5.19. The van der Waals surface area contributed by atoms with Crippen molar-refractivity contribution in [1.82, 2.24) is 0 Å². The highest BCUT2D eigenvalue weighted by molar-refractivity contribution is 5.68. The Bertz CT molecular complexity index is 339. The number of hydrogen-bond acceptors (Lipinski definition) is 3. The van der Waals surface area contributed by atoms with Gasteiger partial charge in [-0.1, -0.05) is 26.2 Å². The van der Waals surface area contributed by atoms with Gasteiger partial charge in [0, 0.05) is 12.1 Å². The van der Waals surface area contributed by atoms with Gasteiger partial charge in [0.15, 0.2) is 0 Å². The summed E-state index contributed by atoms with van der Waals surface area (Å²) in [7, 11) is 1.67. The number of nitrogens with two attached hydrogens (primary N) is 1. The highest BCUT2D eigenvalue weighted by Crippen LogP contribution is 2.25. The monoisotopic (exact) mass is 236 g/mol. The molecule has 0 aromatic heterocycles. The molecule has 3 N–H and O–H groups in total. The van der Waals surface area contributed by atoms with Crippen LogP contribution >= 0.6 is 0 Å². The zero-order chi connectivity index (χ0) is 12.7. The average Bonchev–Trinajstić information content (AvgIpc) is 2.32. The largest absolute Gasteiger partial charge is 0.497 e. The Kier molecular flexibility index (Phi) is 5.67. The standard InChI is InChI=1S/C14H24N2O/c1-4-5-6-7-11(2)16-14-10-12(17-3)8-9-13(14)15/h8-11,16H,4-7,15H2,1-3H3. The van der Waals surface area contributed by atoms with E-state index in [9.17, 15) is 0 Å². The minimum atomic E-state index is 0.441. The predicted molar refractivity (Wildman–Crippen MR) is 74.6 cm³/mol. The Morgan fingerprint density at radius 3 is 2.76 bits per heavy atom. The minimum Gasteiger partial charge on any atom is -0.497 e. The van der Waals surface area contributed by atoms with Gasteiger partial charge < -0.3 is 15.8 Å². The Morgan fingerprint density at radius 2 is 2.12 bits per heavy atom. The summed E-state index contributed by atoms with van der Waals surface area (Å²) in [5, 5.41) is 3.44. The molecule has 0 saturated carbocycles. The Labute approximate surface area is 104 Å². The third-order valence-electron chi connectivity index (χ3n) is 2.90. The summed E-state index contributed by atoms with van der Waals surface area (Å²) in [6.45, 7) is 4.41. The molecule has 0 aliphatic carbocycles. The van der Waals surface area contributed by atoms with Crippen molar-refractivity contribution in [3.63, 3.8) is 0 Å². The molecule has 1 aromatic rings. The van der Waals surface area contributed by atoms with Gasteiger partial charge in [-0.25, -0.2) is 0 Å². The van der Waals surface area contributed by atoms with E-state index in [0.29, 0.717) is 6.04 Å². The fraction of sp³-hybridized carbons (Fsp3) is 0.571. The predicted octanol–water partition coefficient (Wildman–Crippen LogP) is 3.66. The molecule has 1 aromatic carbocycles. The summed E-state index contributed by atoms with van der Waals surface area (Å²) in [5.74, 6) is 0.836. The van der Waals surface area contributed by atoms with Crippen LogP contribution in [0.3, 0.4) is 0 Å². The molecule has 1 atom stereocenters. The molecule has 0 fully saturated rings. The zero-order valence-electron chi connectivity index (χ0n) is 11.1. The molecular formula is C14H24N2O. The van der Waals surface area contributed by atoms with Crippen molar-refractivity contribution in [2.75, 3.05) is 18.2 Å². The van der Waals surface area contributed by atoms with Gasteiger partial charge in [0.1, 0.15) is 5.75 Å². The van der Waals surface area contributed by atoms with Crippen molar-refractivity contribution >= 4 is 11.4 Å². The molecule has 17 heavy (non-hydrogen) atoms. The Balaban J connectivity index is 2.54. The van der Waals surface area contributed by atoms with Crippen LogP contribution < -0.4 is 15.8 Å². The highest BCUT2D eigenvalue weighted by Gasteiger charge is 2.05. The molecule has 0 bridgehead atoms. The summed E-state index contributed by atoms with van der Waals surface area (Å²) in [6.07, 6.45) is 4.98. The first-order chi connectivity index (χ1) is 8.17. The molecule has 0 saturated heterocycles. The molecule has 3 heteroatoms. The molecule has 0 aliphatic heterocycles. The molecule has 96 valence electrons. The van der Waals surface area contributed by atoms with Gasteiger partial charge in [0.2, 0.25) is 0 Å². The number of hydrogen-bond donors (Lipinski definition) is 2. The average molecular weight is 236 g/mol. The Morgan fingerprint density at radius 1 is 1.35 bits per heavy atom. The quantitative estimate of drug-likeness (QED) is 0.561. The Hall–Kier alpha value is -1.38. The fourth-order valence-corrected chi connectivity index (χ4v) is 1.83. The van der Waals surface area contributed by atoms with Crippen LogP contribution in [-0.2, 0) is 0 Å². The van der Waals surface area contributed by atoms with Crippen LogP contribution in [0.2, 0.25) is 0 Å². The zero-order valence-corrected chi connectivity index (χ0v) is 11.1. The van der Waals surface area contributed by atoms with E-state index in [-0.39, 0.29) is 0 Å². The van der Waals surface area contributed by atoms with E-state index in [1.807, 2.05) is 18.2 Å². The summed E-state index contributed by atoms with van der Waals surface area (Å²) in [4.78, 5) is 0. The van der Waals surface area contributed by atoms with Crippen molar-refractivity contribution in [3.8, 4) is 5.75 Å². The summed E-state index contributed by atoms with van der Waals surface area (Å²) in [5.41, 5.74) is 7.67. The van der Waals surface area contributed by atoms with Crippen molar-refractivity contribution in [1.29, 1.82) is 0 Å². The lowest BCUT2D eigenvalue weighted by atomic mass is 10.1. The van der Waals surface area contributed by atoms with E-state index in [1.54, 1.807) is 7.11 Å². The number of unbranched alkanes of at least 4 members (excludes halogenated alkanes) is 2. The van der Waals surface area contributed by atoms with Gasteiger partial charge in [-0.3, -0.25) is 0 Å². The van der Waals surface area contributed by atoms with E-state index < -0.39 is 0 Å². The van der Waals surface area contributed by atoms with Gasteiger partial charge in [-0.2, -0.15) is 0 Å². The number of nitrogen functional groups attached to an aromatic ring is 1. The van der Waals surface area contributed by atoms with Crippen LogP contribution in [0.25, 0.3) is 0 Å². The first-order valence-electron chi connectivity index (χ1n) is 6.37. The van der Waals surface area contributed by atoms with E-state index >= 15 is 0 Å².